The summed E-state index contributed by atoms with van der Waals surface area (Å²) in [6, 6.07) is 11.5. The van der Waals surface area contributed by atoms with Crippen molar-refractivity contribution in [3.05, 3.63) is 64.4 Å². The predicted octanol–water partition coefficient (Wildman–Crippen LogP) is 2.84. The Kier molecular flexibility index (Phi) is 6.97. The van der Waals surface area contributed by atoms with E-state index in [1.54, 1.807) is 0 Å². The number of hydrogen-bond donors (Lipinski definition) is 3. The molecule has 0 saturated heterocycles. The molecule has 0 aliphatic carbocycles. The third-order valence-corrected chi connectivity index (χ3v) is 3.82. The van der Waals surface area contributed by atoms with Crippen molar-refractivity contribution in [2.24, 2.45) is 0 Å². The van der Waals surface area contributed by atoms with E-state index >= 15 is 0 Å². The van der Waals surface area contributed by atoms with Gasteiger partial charge in [-0.1, -0.05) is 23.7 Å². The Labute approximate surface area is 155 Å². The molecule has 0 radical (unpaired) electrons. The lowest BCUT2D eigenvalue weighted by molar-refractivity contribution is 0.0939. The molecule has 0 aromatic heterocycles. The van der Waals surface area contributed by atoms with E-state index in [-0.39, 0.29) is 10.7 Å². The van der Waals surface area contributed by atoms with Gasteiger partial charge in [-0.25, -0.2) is 4.39 Å². The van der Waals surface area contributed by atoms with Crippen LogP contribution in [0.5, 0.6) is 5.75 Å². The van der Waals surface area contributed by atoms with Crippen LogP contribution in [0.3, 0.4) is 0 Å². The van der Waals surface area contributed by atoms with Crippen LogP contribution in [-0.4, -0.2) is 24.7 Å². The minimum Gasteiger partial charge on any atom is -0.497 e. The molecule has 0 unspecified atom stereocenters. The summed E-state index contributed by atoms with van der Waals surface area (Å²) in [6.45, 7) is 0.570. The molecule has 0 spiro atoms. The number of nitrogens with one attached hydrogen (secondary N) is 3. The number of hydrogen-bond acceptors (Lipinski definition) is 3. The number of carbonyl (C=O) groups is 1. The highest BCUT2D eigenvalue weighted by atomic mass is 35.5. The first-order chi connectivity index (χ1) is 12.0. The number of amides is 1. The summed E-state index contributed by atoms with van der Waals surface area (Å²) in [5, 5.41) is 3.86. The summed E-state index contributed by atoms with van der Waals surface area (Å²) in [7, 11) is 1.42. The normalized spacial score (nSPS) is 10.0. The monoisotopic (exact) mass is 381 g/mol. The van der Waals surface area contributed by atoms with Gasteiger partial charge in [0.1, 0.15) is 11.6 Å². The van der Waals surface area contributed by atoms with Crippen molar-refractivity contribution >= 4 is 34.8 Å². The van der Waals surface area contributed by atoms with Gasteiger partial charge in [0.25, 0.3) is 5.91 Å². The van der Waals surface area contributed by atoms with E-state index in [0.29, 0.717) is 17.3 Å². The molecular weight excluding hydrogens is 365 g/mol. The van der Waals surface area contributed by atoms with E-state index in [2.05, 4.69) is 16.2 Å². The van der Waals surface area contributed by atoms with Gasteiger partial charge < -0.3 is 10.1 Å². The Morgan fingerprint density at radius 1 is 1.20 bits per heavy atom. The molecule has 0 saturated carbocycles. The Morgan fingerprint density at radius 2 is 1.92 bits per heavy atom. The Hall–Kier alpha value is -2.38. The summed E-state index contributed by atoms with van der Waals surface area (Å²) in [4.78, 5) is 11.9. The maximum absolute atomic E-state index is 13.8. The minimum atomic E-state index is -0.680. The molecule has 25 heavy (non-hydrogen) atoms. The topological polar surface area (TPSA) is 62.4 Å². The van der Waals surface area contributed by atoms with Crippen LogP contribution in [-0.2, 0) is 6.42 Å². The molecule has 1 amide bonds. The Balaban J connectivity index is 1.75. The summed E-state index contributed by atoms with van der Waals surface area (Å²) in [6.07, 6.45) is 0.736. The highest BCUT2D eigenvalue weighted by Gasteiger charge is 2.12. The van der Waals surface area contributed by atoms with Crippen molar-refractivity contribution < 1.29 is 13.9 Å². The molecule has 2 rings (SSSR count). The quantitative estimate of drug-likeness (QED) is 0.549. The summed E-state index contributed by atoms with van der Waals surface area (Å²) >= 11 is 10.9. The van der Waals surface area contributed by atoms with Gasteiger partial charge in [-0.15, -0.1) is 0 Å². The molecule has 0 aliphatic rings. The third kappa shape index (κ3) is 5.88. The van der Waals surface area contributed by atoms with Crippen LogP contribution < -0.4 is 20.9 Å². The van der Waals surface area contributed by atoms with Gasteiger partial charge in [-0.2, -0.15) is 0 Å². The molecule has 2 aromatic rings. The van der Waals surface area contributed by atoms with Crippen LogP contribution in [0.15, 0.2) is 42.5 Å². The van der Waals surface area contributed by atoms with E-state index in [0.717, 1.165) is 18.1 Å². The standard InChI is InChI=1S/C17H17ClFN3O2S/c1-24-13-6-7-14(15(19)10-13)16(23)21-22-17(25)20-9-8-11-2-4-12(18)5-3-11/h2-7,10H,8-9H2,1H3,(H,21,23)(H2,20,22,25). The van der Waals surface area contributed by atoms with Crippen LogP contribution in [0.4, 0.5) is 4.39 Å². The SMILES string of the molecule is COc1ccc(C(=O)NNC(=S)NCCc2ccc(Cl)cc2)c(F)c1. The fourth-order valence-corrected chi connectivity index (χ4v) is 2.28. The second-order valence-electron chi connectivity index (χ2n) is 5.06. The number of thiocarbonyl (C=S) groups is 1. The van der Waals surface area contributed by atoms with Crippen LogP contribution in [0.25, 0.3) is 0 Å². The molecule has 132 valence electrons. The second kappa shape index (κ2) is 9.19. The van der Waals surface area contributed by atoms with Gasteiger partial charge in [-0.05, 0) is 48.5 Å². The zero-order valence-electron chi connectivity index (χ0n) is 13.4. The average molecular weight is 382 g/mol. The fourth-order valence-electron chi connectivity index (χ4n) is 2.00. The minimum absolute atomic E-state index is 0.114. The molecule has 2 aromatic carbocycles. The molecule has 3 N–H and O–H groups in total. The van der Waals surface area contributed by atoms with Crippen molar-refractivity contribution in [3.8, 4) is 5.75 Å². The Morgan fingerprint density at radius 3 is 2.56 bits per heavy atom. The number of halogens is 2. The first-order valence-electron chi connectivity index (χ1n) is 7.42. The molecule has 0 bridgehead atoms. The van der Waals surface area contributed by atoms with Gasteiger partial charge in [0.15, 0.2) is 5.11 Å². The average Bonchev–Trinajstić information content (AvgIpc) is 2.61. The van der Waals surface area contributed by atoms with Gasteiger partial charge in [0, 0.05) is 17.6 Å². The van der Waals surface area contributed by atoms with Gasteiger partial charge >= 0.3 is 0 Å². The van der Waals surface area contributed by atoms with Gasteiger partial charge in [0.05, 0.1) is 12.7 Å². The molecule has 0 aliphatic heterocycles. The van der Waals surface area contributed by atoms with Gasteiger partial charge in [0.2, 0.25) is 0 Å². The van der Waals surface area contributed by atoms with E-state index in [9.17, 15) is 9.18 Å². The lowest BCUT2D eigenvalue weighted by Crippen LogP contribution is -2.47. The molecule has 0 fully saturated rings. The largest absolute Gasteiger partial charge is 0.497 e. The zero-order valence-corrected chi connectivity index (χ0v) is 15.0. The molecular formula is C17H17ClFN3O2S. The number of hydrazine groups is 1. The lowest BCUT2D eigenvalue weighted by Gasteiger charge is -2.12. The summed E-state index contributed by atoms with van der Waals surface area (Å²) < 4.78 is 18.7. The van der Waals surface area contributed by atoms with Crippen molar-refractivity contribution in [2.75, 3.05) is 13.7 Å². The smallest absolute Gasteiger partial charge is 0.272 e. The number of carbonyl (C=O) groups excluding carboxylic acids is 1. The first-order valence-corrected chi connectivity index (χ1v) is 8.20. The molecule has 0 atom stereocenters. The summed E-state index contributed by atoms with van der Waals surface area (Å²) in [5.74, 6) is -0.983. The first kappa shape index (κ1) is 19.0. The van der Waals surface area contributed by atoms with Crippen LogP contribution in [0.2, 0.25) is 5.02 Å². The maximum Gasteiger partial charge on any atom is 0.272 e. The second-order valence-corrected chi connectivity index (χ2v) is 5.90. The molecule has 5 nitrogen and oxygen atoms in total. The van der Waals surface area contributed by atoms with Crippen LogP contribution in [0, 0.1) is 5.82 Å². The number of benzene rings is 2. The lowest BCUT2D eigenvalue weighted by atomic mass is 10.1. The third-order valence-electron chi connectivity index (χ3n) is 3.32. The Bertz CT molecular complexity index is 756. The van der Waals surface area contributed by atoms with Crippen molar-refractivity contribution in [3.63, 3.8) is 0 Å². The number of ether oxygens (including phenoxy) is 1. The van der Waals surface area contributed by atoms with E-state index in [1.165, 1.54) is 19.2 Å². The highest BCUT2D eigenvalue weighted by Crippen LogP contribution is 2.15. The van der Waals surface area contributed by atoms with Crippen molar-refractivity contribution in [2.45, 2.75) is 6.42 Å². The maximum atomic E-state index is 13.8. The van der Waals surface area contributed by atoms with Gasteiger partial charge in [-0.3, -0.25) is 15.6 Å². The van der Waals surface area contributed by atoms with E-state index in [4.69, 9.17) is 28.6 Å². The fraction of sp³-hybridized carbons (Fsp3) is 0.176. The predicted molar refractivity (Wildman–Crippen MR) is 99.3 cm³/mol. The molecule has 0 heterocycles. The van der Waals surface area contributed by atoms with Crippen LogP contribution in [0.1, 0.15) is 15.9 Å². The number of methoxy groups -OCH3 is 1. The van der Waals surface area contributed by atoms with E-state index < -0.39 is 11.7 Å². The zero-order chi connectivity index (χ0) is 18.2. The summed E-state index contributed by atoms with van der Waals surface area (Å²) in [5.41, 5.74) is 5.86. The highest BCUT2D eigenvalue weighted by molar-refractivity contribution is 7.80. The van der Waals surface area contributed by atoms with E-state index in [1.807, 2.05) is 24.3 Å². The van der Waals surface area contributed by atoms with Crippen molar-refractivity contribution in [1.29, 1.82) is 0 Å². The van der Waals surface area contributed by atoms with Crippen LogP contribution >= 0.6 is 23.8 Å². The number of rotatable bonds is 5. The van der Waals surface area contributed by atoms with Crippen molar-refractivity contribution in [1.82, 2.24) is 16.2 Å². The molecule has 8 heteroatoms.